The van der Waals surface area contributed by atoms with E-state index in [4.69, 9.17) is 21.3 Å². The molecule has 0 rings (SSSR count). The van der Waals surface area contributed by atoms with Crippen molar-refractivity contribution in [1.29, 1.82) is 0 Å². The highest BCUT2D eigenvalue weighted by molar-refractivity contribution is 4.82. The van der Waals surface area contributed by atoms with Gasteiger partial charge in [0.05, 0.1) is 18.7 Å². The van der Waals surface area contributed by atoms with E-state index in [0.717, 1.165) is 0 Å². The summed E-state index contributed by atoms with van der Waals surface area (Å²) in [4.78, 5) is 5.02. The Kier molecular flexibility index (Phi) is 6.39. The standard InChI is InChI=1S/C5H10N6O2/c6-10-8-4(1-2-12)5(3-13)9-11-7/h4-5,12-13H,1-3H2/t4-,5+/m0/s1. The molecule has 0 amide bonds. The van der Waals surface area contributed by atoms with E-state index in [1.54, 1.807) is 0 Å². The minimum absolute atomic E-state index is 0.161. The summed E-state index contributed by atoms with van der Waals surface area (Å²) in [6.07, 6.45) is 0.161. The van der Waals surface area contributed by atoms with Crippen molar-refractivity contribution in [3.63, 3.8) is 0 Å². The molecular weight excluding hydrogens is 176 g/mol. The molecule has 72 valence electrons. The summed E-state index contributed by atoms with van der Waals surface area (Å²) in [5, 5.41) is 23.9. The van der Waals surface area contributed by atoms with E-state index in [1.165, 1.54) is 0 Å². The zero-order chi connectivity index (χ0) is 10.1. The summed E-state index contributed by atoms with van der Waals surface area (Å²) in [5.41, 5.74) is 16.2. The summed E-state index contributed by atoms with van der Waals surface area (Å²) in [6, 6.07) is -1.51. The van der Waals surface area contributed by atoms with Crippen molar-refractivity contribution in [2.45, 2.75) is 18.5 Å². The second-order valence-corrected chi connectivity index (χ2v) is 2.24. The molecule has 2 N–H and O–H groups in total. The molecule has 0 aromatic heterocycles. The molecule has 0 saturated heterocycles. The molecule has 0 aromatic carbocycles. The van der Waals surface area contributed by atoms with Gasteiger partial charge in [-0.1, -0.05) is 10.2 Å². The number of nitrogens with zero attached hydrogens (tertiary/aromatic N) is 6. The van der Waals surface area contributed by atoms with Gasteiger partial charge >= 0.3 is 0 Å². The predicted molar refractivity (Wildman–Crippen MR) is 44.7 cm³/mol. The average Bonchev–Trinajstić information content (AvgIpc) is 2.14. The lowest BCUT2D eigenvalue weighted by atomic mass is 10.1. The van der Waals surface area contributed by atoms with Crippen molar-refractivity contribution < 1.29 is 10.2 Å². The minimum atomic E-state index is -0.812. The third kappa shape index (κ3) is 4.19. The van der Waals surface area contributed by atoms with E-state index in [9.17, 15) is 0 Å². The van der Waals surface area contributed by atoms with Crippen molar-refractivity contribution in [2.75, 3.05) is 13.2 Å². The molecule has 0 aliphatic rings. The third-order valence-corrected chi connectivity index (χ3v) is 1.46. The smallest absolute Gasteiger partial charge is 0.0690 e. The van der Waals surface area contributed by atoms with Gasteiger partial charge in [0.1, 0.15) is 0 Å². The van der Waals surface area contributed by atoms with Crippen LogP contribution in [0.4, 0.5) is 0 Å². The Morgan fingerprint density at radius 1 is 1.08 bits per heavy atom. The maximum Gasteiger partial charge on any atom is 0.0690 e. The molecule has 0 bridgehead atoms. The van der Waals surface area contributed by atoms with Crippen LogP contribution in [0.1, 0.15) is 6.42 Å². The molecule has 0 aromatic rings. The van der Waals surface area contributed by atoms with Crippen molar-refractivity contribution in [2.24, 2.45) is 10.2 Å². The Hall–Kier alpha value is -1.46. The predicted octanol–water partition coefficient (Wildman–Crippen LogP) is 0.719. The van der Waals surface area contributed by atoms with E-state index in [2.05, 4.69) is 20.1 Å². The Labute approximate surface area is 74.1 Å². The summed E-state index contributed by atoms with van der Waals surface area (Å²) in [5.74, 6) is 0. The van der Waals surface area contributed by atoms with E-state index >= 15 is 0 Å². The molecular formula is C5H10N6O2. The van der Waals surface area contributed by atoms with Gasteiger partial charge in [0, 0.05) is 16.4 Å². The van der Waals surface area contributed by atoms with Gasteiger partial charge in [-0.15, -0.1) is 0 Å². The third-order valence-electron chi connectivity index (χ3n) is 1.46. The molecule has 13 heavy (non-hydrogen) atoms. The molecule has 0 radical (unpaired) electrons. The lowest BCUT2D eigenvalue weighted by Gasteiger charge is -2.14. The zero-order valence-electron chi connectivity index (χ0n) is 6.85. The summed E-state index contributed by atoms with van der Waals surface area (Å²) in [6.45, 7) is -0.602. The van der Waals surface area contributed by atoms with E-state index in [-0.39, 0.29) is 13.0 Å². The fraction of sp³-hybridized carbons (Fsp3) is 1.00. The number of aliphatic hydroxyl groups excluding tert-OH is 2. The normalized spacial score (nSPS) is 13.7. The quantitative estimate of drug-likeness (QED) is 0.358. The lowest BCUT2D eigenvalue weighted by molar-refractivity contribution is 0.222. The first kappa shape index (κ1) is 11.5. The maximum absolute atomic E-state index is 8.75. The monoisotopic (exact) mass is 186 g/mol. The molecule has 8 nitrogen and oxygen atoms in total. The largest absolute Gasteiger partial charge is 0.396 e. The number of aliphatic hydroxyl groups is 2. The van der Waals surface area contributed by atoms with Crippen molar-refractivity contribution in [3.8, 4) is 0 Å². The topological polar surface area (TPSA) is 138 Å². The molecule has 2 atom stereocenters. The van der Waals surface area contributed by atoms with Gasteiger partial charge in [0.25, 0.3) is 0 Å². The van der Waals surface area contributed by atoms with Gasteiger partial charge in [-0.25, -0.2) is 0 Å². The van der Waals surface area contributed by atoms with Crippen LogP contribution >= 0.6 is 0 Å². The Bertz CT molecular complexity index is 231. The SMILES string of the molecule is [N-]=[N+]=N[C@@H](CCO)[C@@H](CO)N=[N+]=[N-]. The molecule has 0 aliphatic carbocycles. The Morgan fingerprint density at radius 2 is 1.62 bits per heavy atom. The molecule has 0 saturated carbocycles. The van der Waals surface area contributed by atoms with Gasteiger partial charge in [-0.3, -0.25) is 0 Å². The van der Waals surface area contributed by atoms with Crippen LogP contribution < -0.4 is 0 Å². The Balaban J connectivity index is 4.45. The van der Waals surface area contributed by atoms with Crippen LogP contribution in [0.15, 0.2) is 10.2 Å². The van der Waals surface area contributed by atoms with Gasteiger partial charge in [-0.2, -0.15) is 0 Å². The van der Waals surface area contributed by atoms with Crippen molar-refractivity contribution >= 4 is 0 Å². The first-order valence-electron chi connectivity index (χ1n) is 3.60. The number of azide groups is 2. The average molecular weight is 186 g/mol. The lowest BCUT2D eigenvalue weighted by Crippen LogP contribution is -2.26. The molecule has 0 spiro atoms. The van der Waals surface area contributed by atoms with Gasteiger partial charge in [0.2, 0.25) is 0 Å². The van der Waals surface area contributed by atoms with E-state index in [0.29, 0.717) is 0 Å². The summed E-state index contributed by atoms with van der Waals surface area (Å²) < 4.78 is 0. The molecule has 0 fully saturated rings. The van der Waals surface area contributed by atoms with Crippen LogP contribution in [0.2, 0.25) is 0 Å². The number of rotatable bonds is 6. The van der Waals surface area contributed by atoms with E-state index < -0.39 is 18.7 Å². The van der Waals surface area contributed by atoms with Gasteiger partial charge in [0.15, 0.2) is 0 Å². The second kappa shape index (κ2) is 7.20. The maximum atomic E-state index is 8.75. The van der Waals surface area contributed by atoms with Crippen LogP contribution in [0.3, 0.4) is 0 Å². The summed E-state index contributed by atoms with van der Waals surface area (Å²) in [7, 11) is 0. The molecule has 0 unspecified atom stereocenters. The van der Waals surface area contributed by atoms with Crippen LogP contribution in [0, 0.1) is 0 Å². The first-order chi connectivity index (χ1) is 6.29. The highest BCUT2D eigenvalue weighted by Gasteiger charge is 2.17. The van der Waals surface area contributed by atoms with Gasteiger partial charge < -0.3 is 10.2 Å². The number of hydrogen-bond acceptors (Lipinski definition) is 4. The highest BCUT2D eigenvalue weighted by Crippen LogP contribution is 2.08. The Morgan fingerprint density at radius 3 is 2.00 bits per heavy atom. The van der Waals surface area contributed by atoms with Gasteiger partial charge in [-0.05, 0) is 17.5 Å². The second-order valence-electron chi connectivity index (χ2n) is 2.24. The molecule has 0 heterocycles. The van der Waals surface area contributed by atoms with Crippen LogP contribution in [0.5, 0.6) is 0 Å². The number of hydrogen-bond donors (Lipinski definition) is 2. The van der Waals surface area contributed by atoms with Crippen LogP contribution in [-0.4, -0.2) is 35.5 Å². The van der Waals surface area contributed by atoms with E-state index in [1.807, 2.05) is 0 Å². The zero-order valence-corrected chi connectivity index (χ0v) is 6.85. The van der Waals surface area contributed by atoms with Crippen molar-refractivity contribution in [1.82, 2.24) is 0 Å². The molecule has 8 heteroatoms. The first-order valence-corrected chi connectivity index (χ1v) is 3.60. The fourth-order valence-electron chi connectivity index (χ4n) is 0.827. The van der Waals surface area contributed by atoms with Crippen LogP contribution in [-0.2, 0) is 0 Å². The van der Waals surface area contributed by atoms with Crippen molar-refractivity contribution in [3.05, 3.63) is 20.9 Å². The fourth-order valence-corrected chi connectivity index (χ4v) is 0.827. The highest BCUT2D eigenvalue weighted by atomic mass is 16.3. The minimum Gasteiger partial charge on any atom is -0.396 e. The van der Waals surface area contributed by atoms with Crippen LogP contribution in [0.25, 0.3) is 20.9 Å². The summed E-state index contributed by atoms with van der Waals surface area (Å²) >= 11 is 0. The molecule has 0 aliphatic heterocycles.